The van der Waals surface area contributed by atoms with Gasteiger partial charge in [0.05, 0.1) is 0 Å². The Balaban J connectivity index is 5.26. The highest BCUT2D eigenvalue weighted by Crippen LogP contribution is 2.42. The molecule has 0 N–H and O–H groups in total. The molecule has 0 aliphatic rings. The summed E-state index contributed by atoms with van der Waals surface area (Å²) in [7, 11) is 0. The lowest BCUT2D eigenvalue weighted by Crippen LogP contribution is -2.33. The summed E-state index contributed by atoms with van der Waals surface area (Å²) >= 11 is 0. The molecule has 0 nitrogen and oxygen atoms in total. The summed E-state index contributed by atoms with van der Waals surface area (Å²) < 4.78 is 0. The Morgan fingerprint density at radius 1 is 0.667 bits per heavy atom. The molecule has 0 heterocycles. The Labute approximate surface area is 155 Å². The molecule has 0 aliphatic heterocycles. The minimum atomic E-state index is 0.832. The van der Waals surface area contributed by atoms with Gasteiger partial charge in [0, 0.05) is 0 Å². The number of unbranched alkanes of at least 4 members (excludes halogenated alkanes) is 3. The zero-order valence-electron chi connectivity index (χ0n) is 18.5. The first kappa shape index (κ1) is 24.0. The van der Waals surface area contributed by atoms with E-state index in [1.807, 2.05) is 0 Å². The summed E-state index contributed by atoms with van der Waals surface area (Å²) in [5.41, 5.74) is 0. The first-order valence-electron chi connectivity index (χ1n) is 11.4. The maximum atomic E-state index is 2.55. The largest absolute Gasteiger partial charge is 0.0654 e. The lowest BCUT2D eigenvalue weighted by molar-refractivity contribution is 0.0837. The molecule has 0 aromatic carbocycles. The van der Waals surface area contributed by atoms with Crippen LogP contribution in [0.5, 0.6) is 0 Å². The van der Waals surface area contributed by atoms with Crippen molar-refractivity contribution in [3.05, 3.63) is 0 Å². The van der Waals surface area contributed by atoms with E-state index in [2.05, 4.69) is 55.4 Å². The van der Waals surface area contributed by atoms with Gasteiger partial charge < -0.3 is 0 Å². The maximum absolute atomic E-state index is 2.55. The summed E-state index contributed by atoms with van der Waals surface area (Å²) in [6, 6.07) is 0. The van der Waals surface area contributed by atoms with Gasteiger partial charge in [0.15, 0.2) is 0 Å². The van der Waals surface area contributed by atoms with Crippen molar-refractivity contribution in [2.45, 2.75) is 120 Å². The summed E-state index contributed by atoms with van der Waals surface area (Å²) in [6.07, 6.45) is 14.1. The van der Waals surface area contributed by atoms with Crippen molar-refractivity contribution in [2.75, 3.05) is 0 Å². The zero-order valence-corrected chi connectivity index (χ0v) is 18.5. The first-order valence-corrected chi connectivity index (χ1v) is 11.4. The van der Waals surface area contributed by atoms with Crippen molar-refractivity contribution >= 4 is 0 Å². The van der Waals surface area contributed by atoms with Crippen molar-refractivity contribution in [1.82, 2.24) is 0 Å². The molecule has 0 heteroatoms. The van der Waals surface area contributed by atoms with E-state index < -0.39 is 0 Å². The average molecular weight is 339 g/mol. The van der Waals surface area contributed by atoms with Crippen LogP contribution in [-0.2, 0) is 0 Å². The van der Waals surface area contributed by atoms with E-state index in [4.69, 9.17) is 0 Å². The van der Waals surface area contributed by atoms with Crippen molar-refractivity contribution in [3.8, 4) is 0 Å². The Bertz CT molecular complexity index is 267. The van der Waals surface area contributed by atoms with Gasteiger partial charge in [-0.1, -0.05) is 113 Å². The van der Waals surface area contributed by atoms with Crippen molar-refractivity contribution in [1.29, 1.82) is 0 Å². The predicted octanol–water partition coefficient (Wildman–Crippen LogP) is 8.74. The van der Waals surface area contributed by atoms with Gasteiger partial charge in [0.1, 0.15) is 0 Å². The third kappa shape index (κ3) is 8.91. The standard InChI is InChI=1S/C24H50/c1-9-13-14-15-17-22(18-20(7)11-3)24(21(8)12-4)23(16-10-2)19(5)6/h19-24H,9-18H2,1-8H3. The smallest absolute Gasteiger partial charge is 0.0329 e. The second kappa shape index (κ2) is 14.2. The highest BCUT2D eigenvalue weighted by Gasteiger charge is 2.34. The van der Waals surface area contributed by atoms with Crippen molar-refractivity contribution in [3.63, 3.8) is 0 Å². The fourth-order valence-electron chi connectivity index (χ4n) is 4.80. The fraction of sp³-hybridized carbons (Fsp3) is 1.00. The van der Waals surface area contributed by atoms with Crippen LogP contribution in [0.1, 0.15) is 120 Å². The van der Waals surface area contributed by atoms with E-state index in [0.29, 0.717) is 0 Å². The molecule has 0 aromatic heterocycles. The molecule has 24 heavy (non-hydrogen) atoms. The third-order valence-corrected chi connectivity index (χ3v) is 6.65. The van der Waals surface area contributed by atoms with Crippen LogP contribution < -0.4 is 0 Å². The number of rotatable bonds is 15. The molecule has 0 aromatic rings. The van der Waals surface area contributed by atoms with Crippen LogP contribution >= 0.6 is 0 Å². The lowest BCUT2D eigenvalue weighted by Gasteiger charge is -2.41. The van der Waals surface area contributed by atoms with Gasteiger partial charge in [-0.25, -0.2) is 0 Å². The van der Waals surface area contributed by atoms with Crippen LogP contribution in [0.4, 0.5) is 0 Å². The van der Waals surface area contributed by atoms with E-state index in [1.54, 1.807) is 0 Å². The van der Waals surface area contributed by atoms with Gasteiger partial charge in [0.25, 0.3) is 0 Å². The molecule has 0 aliphatic carbocycles. The molecule has 0 amide bonds. The zero-order chi connectivity index (χ0) is 18.5. The normalized spacial score (nSPS) is 18.4. The van der Waals surface area contributed by atoms with Crippen LogP contribution in [0.2, 0.25) is 0 Å². The minimum absolute atomic E-state index is 0.832. The van der Waals surface area contributed by atoms with Crippen molar-refractivity contribution < 1.29 is 0 Å². The monoisotopic (exact) mass is 338 g/mol. The van der Waals surface area contributed by atoms with E-state index >= 15 is 0 Å². The summed E-state index contributed by atoms with van der Waals surface area (Å²) in [4.78, 5) is 0. The maximum Gasteiger partial charge on any atom is -0.0329 e. The number of hydrogen-bond donors (Lipinski definition) is 0. The van der Waals surface area contributed by atoms with Gasteiger partial charge in [-0.3, -0.25) is 0 Å². The summed E-state index contributed by atoms with van der Waals surface area (Å²) in [5, 5.41) is 0. The van der Waals surface area contributed by atoms with Gasteiger partial charge in [0.2, 0.25) is 0 Å². The van der Waals surface area contributed by atoms with E-state index in [1.165, 1.54) is 64.2 Å². The van der Waals surface area contributed by atoms with Gasteiger partial charge in [-0.15, -0.1) is 0 Å². The molecule has 0 saturated heterocycles. The molecule has 0 spiro atoms. The predicted molar refractivity (Wildman–Crippen MR) is 113 cm³/mol. The quantitative estimate of drug-likeness (QED) is 0.262. The first-order chi connectivity index (χ1) is 11.4. The van der Waals surface area contributed by atoms with Crippen LogP contribution in [0.3, 0.4) is 0 Å². The molecule has 0 radical (unpaired) electrons. The van der Waals surface area contributed by atoms with Gasteiger partial charge >= 0.3 is 0 Å². The third-order valence-electron chi connectivity index (χ3n) is 6.65. The van der Waals surface area contributed by atoms with E-state index in [-0.39, 0.29) is 0 Å². The SMILES string of the molecule is CCCCCCC(CC(C)CC)C(C(C)CC)C(CCC)C(C)C. The van der Waals surface area contributed by atoms with Gasteiger partial charge in [-0.2, -0.15) is 0 Å². The summed E-state index contributed by atoms with van der Waals surface area (Å²) in [5.74, 6) is 5.41. The molecule has 0 fully saturated rings. The molecule has 5 atom stereocenters. The molecule has 0 rings (SSSR count). The minimum Gasteiger partial charge on any atom is -0.0654 e. The average Bonchev–Trinajstić information content (AvgIpc) is 2.57. The fourth-order valence-corrected chi connectivity index (χ4v) is 4.80. The topological polar surface area (TPSA) is 0 Å². The summed E-state index contributed by atoms with van der Waals surface area (Å²) in [6.45, 7) is 19.5. The lowest BCUT2D eigenvalue weighted by atomic mass is 9.64. The Hall–Kier alpha value is 0. The second-order valence-electron chi connectivity index (χ2n) is 9.02. The molecule has 0 saturated carbocycles. The van der Waals surface area contributed by atoms with Gasteiger partial charge in [-0.05, 0) is 41.9 Å². The Morgan fingerprint density at radius 2 is 1.33 bits per heavy atom. The van der Waals surface area contributed by atoms with Crippen LogP contribution in [-0.4, -0.2) is 0 Å². The molecule has 0 bridgehead atoms. The van der Waals surface area contributed by atoms with E-state index in [0.717, 1.165) is 35.5 Å². The Kier molecular flexibility index (Phi) is 14.2. The molecular formula is C24H50. The molecule has 5 unspecified atom stereocenters. The molecular weight excluding hydrogens is 288 g/mol. The van der Waals surface area contributed by atoms with Crippen LogP contribution in [0.25, 0.3) is 0 Å². The molecule has 146 valence electrons. The van der Waals surface area contributed by atoms with Crippen LogP contribution in [0, 0.1) is 35.5 Å². The van der Waals surface area contributed by atoms with E-state index in [9.17, 15) is 0 Å². The van der Waals surface area contributed by atoms with Crippen molar-refractivity contribution in [2.24, 2.45) is 35.5 Å². The van der Waals surface area contributed by atoms with Crippen LogP contribution in [0.15, 0.2) is 0 Å². The highest BCUT2D eigenvalue weighted by atomic mass is 14.4. The highest BCUT2D eigenvalue weighted by molar-refractivity contribution is 4.83. The Morgan fingerprint density at radius 3 is 1.79 bits per heavy atom. The second-order valence-corrected chi connectivity index (χ2v) is 9.02. The number of hydrogen-bond acceptors (Lipinski definition) is 0.